The lowest BCUT2D eigenvalue weighted by molar-refractivity contribution is 0.0989. The fourth-order valence-electron chi connectivity index (χ4n) is 3.26. The number of hydrogen-bond donors (Lipinski definition) is 0. The summed E-state index contributed by atoms with van der Waals surface area (Å²) in [6.45, 7) is 6.78. The van der Waals surface area contributed by atoms with E-state index < -0.39 is 0 Å². The first-order valence-corrected chi connectivity index (χ1v) is 8.74. The number of benzene rings is 2. The summed E-state index contributed by atoms with van der Waals surface area (Å²) in [5.41, 5.74) is 5.98. The van der Waals surface area contributed by atoms with Gasteiger partial charge < -0.3 is 4.74 Å². The Hall–Kier alpha value is -2.88. The van der Waals surface area contributed by atoms with E-state index in [0.29, 0.717) is 24.3 Å². The Labute approximate surface area is 154 Å². The van der Waals surface area contributed by atoms with Gasteiger partial charge >= 0.3 is 0 Å². The Morgan fingerprint density at radius 1 is 1.08 bits per heavy atom. The maximum atomic E-state index is 12.8. The highest BCUT2D eigenvalue weighted by molar-refractivity contribution is 6.00. The lowest BCUT2D eigenvalue weighted by atomic mass is 10.0. The molecule has 4 nitrogen and oxygen atoms in total. The molecule has 4 heteroatoms. The summed E-state index contributed by atoms with van der Waals surface area (Å²) in [7, 11) is 1.59. The van der Waals surface area contributed by atoms with E-state index in [0.717, 1.165) is 17.0 Å². The molecule has 0 atom stereocenters. The lowest BCUT2D eigenvalue weighted by Crippen LogP contribution is -2.08. The van der Waals surface area contributed by atoms with Gasteiger partial charge in [0, 0.05) is 17.7 Å². The molecule has 1 heterocycles. The van der Waals surface area contributed by atoms with E-state index in [4.69, 9.17) is 4.74 Å². The van der Waals surface area contributed by atoms with Crippen molar-refractivity contribution in [3.63, 3.8) is 0 Å². The van der Waals surface area contributed by atoms with E-state index in [1.165, 1.54) is 11.1 Å². The van der Waals surface area contributed by atoms with Crippen molar-refractivity contribution in [2.75, 3.05) is 7.11 Å². The number of ketones is 1. The first-order valence-electron chi connectivity index (χ1n) is 8.74. The number of nitrogens with zero attached hydrogens (tertiary/aromatic N) is 2. The lowest BCUT2D eigenvalue weighted by Gasteiger charge is -2.08. The molecule has 3 aromatic rings. The van der Waals surface area contributed by atoms with Crippen molar-refractivity contribution in [2.24, 2.45) is 0 Å². The molecular weight excluding hydrogens is 324 g/mol. The fraction of sp³-hybridized carbons (Fsp3) is 0.273. The molecule has 134 valence electrons. The molecule has 3 rings (SSSR count). The molecule has 1 aromatic heterocycles. The summed E-state index contributed by atoms with van der Waals surface area (Å²) < 4.78 is 7.30. The zero-order valence-electron chi connectivity index (χ0n) is 15.7. The van der Waals surface area contributed by atoms with E-state index >= 15 is 0 Å². The van der Waals surface area contributed by atoms with Crippen LogP contribution in [0.5, 0.6) is 5.75 Å². The number of aromatic nitrogens is 2. The second-order valence-electron chi connectivity index (χ2n) is 6.60. The van der Waals surface area contributed by atoms with Crippen molar-refractivity contribution in [1.82, 2.24) is 9.78 Å². The number of aryl methyl sites for hydroxylation is 2. The monoisotopic (exact) mass is 348 g/mol. The van der Waals surface area contributed by atoms with Gasteiger partial charge in [-0.15, -0.1) is 0 Å². The van der Waals surface area contributed by atoms with Crippen LogP contribution in [-0.2, 0) is 13.0 Å². The van der Waals surface area contributed by atoms with Gasteiger partial charge in [0.15, 0.2) is 5.78 Å². The van der Waals surface area contributed by atoms with Gasteiger partial charge in [-0.2, -0.15) is 5.10 Å². The molecule has 26 heavy (non-hydrogen) atoms. The topological polar surface area (TPSA) is 44.1 Å². The number of methoxy groups -OCH3 is 1. The minimum Gasteiger partial charge on any atom is -0.496 e. The molecule has 0 bridgehead atoms. The van der Waals surface area contributed by atoms with Crippen LogP contribution in [0.25, 0.3) is 0 Å². The third-order valence-corrected chi connectivity index (χ3v) is 4.69. The van der Waals surface area contributed by atoms with Gasteiger partial charge in [0.2, 0.25) is 0 Å². The number of rotatable bonds is 6. The summed E-state index contributed by atoms with van der Waals surface area (Å²) in [5, 5.41) is 4.66. The number of carbonyl (C=O) groups is 1. The number of ether oxygens (including phenoxy) is 1. The standard InChI is InChI=1S/C22H24N2O2/c1-15-8-7-9-18(12-15)14-24-17(3)20(16(2)23-24)13-21(25)19-10-5-6-11-22(19)26-4/h5-12H,13-14H2,1-4H3. The zero-order chi connectivity index (χ0) is 18.7. The van der Waals surface area contributed by atoms with Gasteiger partial charge in [-0.25, -0.2) is 0 Å². The van der Waals surface area contributed by atoms with Crippen molar-refractivity contribution >= 4 is 5.78 Å². The van der Waals surface area contributed by atoms with Crippen LogP contribution in [0.1, 0.15) is 38.4 Å². The van der Waals surface area contributed by atoms with E-state index in [9.17, 15) is 4.79 Å². The molecule has 0 spiro atoms. The second-order valence-corrected chi connectivity index (χ2v) is 6.60. The van der Waals surface area contributed by atoms with Crippen molar-refractivity contribution in [3.05, 3.63) is 82.2 Å². The molecule has 0 aliphatic heterocycles. The summed E-state index contributed by atoms with van der Waals surface area (Å²) in [6.07, 6.45) is 0.325. The number of Topliss-reactive ketones (excluding diaryl/α,β-unsaturated/α-hetero) is 1. The molecule has 0 aliphatic carbocycles. The maximum Gasteiger partial charge on any atom is 0.171 e. The number of hydrogen-bond acceptors (Lipinski definition) is 3. The molecule has 0 aliphatic rings. The van der Waals surface area contributed by atoms with E-state index in [2.05, 4.69) is 36.3 Å². The van der Waals surface area contributed by atoms with Crippen molar-refractivity contribution < 1.29 is 9.53 Å². The van der Waals surface area contributed by atoms with Gasteiger partial charge in [-0.05, 0) is 38.5 Å². The fourth-order valence-corrected chi connectivity index (χ4v) is 3.26. The van der Waals surface area contributed by atoms with Crippen LogP contribution in [0.15, 0.2) is 48.5 Å². The molecule has 0 radical (unpaired) electrons. The third-order valence-electron chi connectivity index (χ3n) is 4.69. The predicted molar refractivity (Wildman–Crippen MR) is 103 cm³/mol. The largest absolute Gasteiger partial charge is 0.496 e. The average molecular weight is 348 g/mol. The molecule has 0 amide bonds. The molecular formula is C22H24N2O2. The molecule has 0 saturated carbocycles. The van der Waals surface area contributed by atoms with Crippen LogP contribution >= 0.6 is 0 Å². The molecule has 0 unspecified atom stereocenters. The number of para-hydroxylation sites is 1. The highest BCUT2D eigenvalue weighted by Crippen LogP contribution is 2.22. The summed E-state index contributed by atoms with van der Waals surface area (Å²) in [4.78, 5) is 12.8. The van der Waals surface area contributed by atoms with Crippen LogP contribution in [-0.4, -0.2) is 22.7 Å². The van der Waals surface area contributed by atoms with Crippen LogP contribution in [0, 0.1) is 20.8 Å². The van der Waals surface area contributed by atoms with Crippen molar-refractivity contribution in [3.8, 4) is 5.75 Å². The zero-order valence-corrected chi connectivity index (χ0v) is 15.7. The third kappa shape index (κ3) is 3.69. The van der Waals surface area contributed by atoms with Gasteiger partial charge in [-0.3, -0.25) is 9.48 Å². The highest BCUT2D eigenvalue weighted by atomic mass is 16.5. The quantitative estimate of drug-likeness (QED) is 0.624. The van der Waals surface area contributed by atoms with Crippen LogP contribution in [0.2, 0.25) is 0 Å². The molecule has 2 aromatic carbocycles. The highest BCUT2D eigenvalue weighted by Gasteiger charge is 2.18. The molecule has 0 fully saturated rings. The van der Waals surface area contributed by atoms with Gasteiger partial charge in [-0.1, -0.05) is 42.0 Å². The van der Waals surface area contributed by atoms with Crippen LogP contribution in [0.4, 0.5) is 0 Å². The minimum absolute atomic E-state index is 0.0451. The Bertz CT molecular complexity index is 941. The van der Waals surface area contributed by atoms with Crippen LogP contribution < -0.4 is 4.74 Å². The summed E-state index contributed by atoms with van der Waals surface area (Å²) in [5.74, 6) is 0.656. The molecule has 0 saturated heterocycles. The second kappa shape index (κ2) is 7.56. The van der Waals surface area contributed by atoms with Crippen molar-refractivity contribution in [1.29, 1.82) is 0 Å². The van der Waals surface area contributed by atoms with E-state index in [1.807, 2.05) is 42.8 Å². The Morgan fingerprint density at radius 2 is 1.85 bits per heavy atom. The average Bonchev–Trinajstić information content (AvgIpc) is 2.89. The Morgan fingerprint density at radius 3 is 2.58 bits per heavy atom. The Kier molecular flexibility index (Phi) is 5.21. The summed E-state index contributed by atoms with van der Waals surface area (Å²) in [6, 6.07) is 15.8. The van der Waals surface area contributed by atoms with Gasteiger partial charge in [0.05, 0.1) is 24.9 Å². The smallest absolute Gasteiger partial charge is 0.171 e. The van der Waals surface area contributed by atoms with E-state index in [1.54, 1.807) is 7.11 Å². The normalized spacial score (nSPS) is 10.8. The predicted octanol–water partition coefficient (Wildman–Crippen LogP) is 4.29. The van der Waals surface area contributed by atoms with Crippen LogP contribution in [0.3, 0.4) is 0 Å². The minimum atomic E-state index is 0.0451. The van der Waals surface area contributed by atoms with Gasteiger partial charge in [0.25, 0.3) is 0 Å². The SMILES string of the molecule is COc1ccccc1C(=O)Cc1c(C)nn(Cc2cccc(C)c2)c1C. The van der Waals surface area contributed by atoms with Crippen molar-refractivity contribution in [2.45, 2.75) is 33.7 Å². The van der Waals surface area contributed by atoms with Gasteiger partial charge in [0.1, 0.15) is 5.75 Å². The Balaban J connectivity index is 1.85. The summed E-state index contributed by atoms with van der Waals surface area (Å²) >= 11 is 0. The first kappa shape index (κ1) is 17.9. The molecule has 0 N–H and O–H groups in total. The number of carbonyl (C=O) groups excluding carboxylic acids is 1. The first-order chi connectivity index (χ1) is 12.5. The maximum absolute atomic E-state index is 12.8. The van der Waals surface area contributed by atoms with E-state index in [-0.39, 0.29) is 5.78 Å².